The molecule has 0 saturated carbocycles. The van der Waals surface area contributed by atoms with E-state index in [0.717, 1.165) is 29.2 Å². The number of nitrogens with zero attached hydrogens (tertiary/aromatic N) is 2. The van der Waals surface area contributed by atoms with E-state index in [1.54, 1.807) is 0 Å². The zero-order valence-corrected chi connectivity index (χ0v) is 31.4. The van der Waals surface area contributed by atoms with Gasteiger partial charge in [-0.2, -0.15) is 0 Å². The fourth-order valence-corrected chi connectivity index (χ4v) is 8.82. The first-order valence-corrected chi connectivity index (χ1v) is 19.7. The molecule has 11 rings (SSSR count). The van der Waals surface area contributed by atoms with Gasteiger partial charge in [-0.25, -0.2) is 0 Å². The van der Waals surface area contributed by atoms with Gasteiger partial charge in [0.05, 0.1) is 11.0 Å². The number of hydrogen-bond donors (Lipinski definition) is 0. The lowest BCUT2D eigenvalue weighted by Crippen LogP contribution is -2.10. The number of hydrogen-bond acceptors (Lipinski definition) is 1. The molecule has 0 bridgehead atoms. The van der Waals surface area contributed by atoms with Crippen LogP contribution in [-0.2, 0) is 6.42 Å². The van der Waals surface area contributed by atoms with Crippen molar-refractivity contribution in [2.45, 2.75) is 6.42 Å². The van der Waals surface area contributed by atoms with Gasteiger partial charge in [-0.1, -0.05) is 146 Å². The van der Waals surface area contributed by atoms with Crippen molar-refractivity contribution in [1.82, 2.24) is 4.57 Å². The van der Waals surface area contributed by atoms with E-state index in [0.29, 0.717) is 0 Å². The summed E-state index contributed by atoms with van der Waals surface area (Å²) in [5, 5.41) is 2.50. The molecule has 1 aliphatic carbocycles. The highest BCUT2D eigenvalue weighted by Gasteiger charge is 2.21. The van der Waals surface area contributed by atoms with Gasteiger partial charge >= 0.3 is 0 Å². The lowest BCUT2D eigenvalue weighted by atomic mass is 9.97. The third-order valence-corrected chi connectivity index (χ3v) is 11.6. The quantitative estimate of drug-likeness (QED) is 0.159. The van der Waals surface area contributed by atoms with Crippen LogP contribution < -0.4 is 4.90 Å². The van der Waals surface area contributed by atoms with Crippen LogP contribution in [0.25, 0.3) is 72.0 Å². The zero-order valence-electron chi connectivity index (χ0n) is 31.4. The summed E-state index contributed by atoms with van der Waals surface area (Å²) in [4.78, 5) is 2.37. The minimum atomic E-state index is 0.992. The second-order valence-corrected chi connectivity index (χ2v) is 15.0. The van der Waals surface area contributed by atoms with Crippen LogP contribution in [-0.4, -0.2) is 4.57 Å². The van der Waals surface area contributed by atoms with Crippen molar-refractivity contribution in [3.63, 3.8) is 0 Å². The summed E-state index contributed by atoms with van der Waals surface area (Å²) >= 11 is 0. The summed E-state index contributed by atoms with van der Waals surface area (Å²) < 4.78 is 2.39. The van der Waals surface area contributed by atoms with Gasteiger partial charge in [-0.05, 0) is 135 Å². The first-order chi connectivity index (χ1) is 28.2. The molecule has 0 saturated heterocycles. The molecule has 0 spiro atoms. The van der Waals surface area contributed by atoms with E-state index in [-0.39, 0.29) is 0 Å². The predicted octanol–water partition coefficient (Wildman–Crippen LogP) is 14.8. The molecule has 9 aromatic carbocycles. The Kier molecular flexibility index (Phi) is 7.93. The molecule has 1 heterocycles. The molecule has 0 aliphatic heterocycles. The molecule has 2 heteroatoms. The second kappa shape index (κ2) is 13.7. The van der Waals surface area contributed by atoms with Crippen molar-refractivity contribution in [3.8, 4) is 50.2 Å². The maximum Gasteiger partial charge on any atom is 0.0541 e. The van der Waals surface area contributed by atoms with Crippen LogP contribution in [0.5, 0.6) is 0 Å². The average Bonchev–Trinajstić information content (AvgIpc) is 3.83. The van der Waals surface area contributed by atoms with Crippen LogP contribution in [0.1, 0.15) is 11.1 Å². The van der Waals surface area contributed by atoms with Gasteiger partial charge in [0.1, 0.15) is 0 Å². The molecular weight excluding hydrogens is 689 g/mol. The zero-order chi connectivity index (χ0) is 37.7. The van der Waals surface area contributed by atoms with Gasteiger partial charge in [0.15, 0.2) is 0 Å². The lowest BCUT2D eigenvalue weighted by Gasteiger charge is -2.26. The third-order valence-electron chi connectivity index (χ3n) is 11.6. The summed E-state index contributed by atoms with van der Waals surface area (Å²) in [6.07, 6.45) is 0.992. The molecule has 0 N–H and O–H groups in total. The maximum absolute atomic E-state index is 2.39. The minimum absolute atomic E-state index is 0.992. The Bertz CT molecular complexity index is 3070. The van der Waals surface area contributed by atoms with Gasteiger partial charge in [0.2, 0.25) is 0 Å². The van der Waals surface area contributed by atoms with Crippen molar-refractivity contribution in [3.05, 3.63) is 230 Å². The van der Waals surface area contributed by atoms with E-state index in [2.05, 4.69) is 228 Å². The Morgan fingerprint density at radius 1 is 0.316 bits per heavy atom. The number of para-hydroxylation sites is 2. The SMILES string of the molecule is c1ccc(-c2ccc(-n3c4ccccc4c4cc(-c5cccc(-c6ccc(N(c7ccccc7)c7ccc8c(c7)-c7ccccc7C8)cc6)c5)ccc43)cc2)cc1. The topological polar surface area (TPSA) is 8.17 Å². The molecule has 0 fully saturated rings. The van der Waals surface area contributed by atoms with Crippen molar-refractivity contribution in [1.29, 1.82) is 0 Å². The Balaban J connectivity index is 0.930. The van der Waals surface area contributed by atoms with Crippen molar-refractivity contribution >= 4 is 38.9 Å². The smallest absolute Gasteiger partial charge is 0.0541 e. The van der Waals surface area contributed by atoms with Gasteiger partial charge in [0, 0.05) is 33.5 Å². The van der Waals surface area contributed by atoms with Crippen LogP contribution in [0.3, 0.4) is 0 Å². The van der Waals surface area contributed by atoms with E-state index in [1.165, 1.54) is 77.4 Å². The fourth-order valence-electron chi connectivity index (χ4n) is 8.82. The average molecular weight is 727 g/mol. The summed E-state index contributed by atoms with van der Waals surface area (Å²) in [7, 11) is 0. The van der Waals surface area contributed by atoms with E-state index >= 15 is 0 Å². The Morgan fingerprint density at radius 2 is 0.860 bits per heavy atom. The van der Waals surface area contributed by atoms with E-state index in [4.69, 9.17) is 0 Å². The number of anilines is 3. The summed E-state index contributed by atoms with van der Waals surface area (Å²) in [5.74, 6) is 0. The number of rotatable bonds is 7. The Hall–Kier alpha value is -7.42. The first kappa shape index (κ1) is 33.0. The van der Waals surface area contributed by atoms with Gasteiger partial charge in [0.25, 0.3) is 0 Å². The van der Waals surface area contributed by atoms with Gasteiger partial charge in [-0.3, -0.25) is 0 Å². The normalized spacial score (nSPS) is 11.8. The molecule has 0 atom stereocenters. The van der Waals surface area contributed by atoms with Gasteiger partial charge < -0.3 is 9.47 Å². The predicted molar refractivity (Wildman–Crippen MR) is 240 cm³/mol. The van der Waals surface area contributed by atoms with Crippen molar-refractivity contribution in [2.75, 3.05) is 4.90 Å². The minimum Gasteiger partial charge on any atom is -0.310 e. The molecular formula is C55H38N2. The summed E-state index contributed by atoms with van der Waals surface area (Å²) in [6.45, 7) is 0. The molecule has 268 valence electrons. The largest absolute Gasteiger partial charge is 0.310 e. The van der Waals surface area contributed by atoms with Crippen molar-refractivity contribution in [2.24, 2.45) is 0 Å². The maximum atomic E-state index is 2.39. The van der Waals surface area contributed by atoms with Crippen LogP contribution >= 0.6 is 0 Å². The standard InChI is InChI=1S/C55H38N2/c1-3-12-38(13-4-1)39-22-30-48(31-23-39)57-54-21-10-9-20-51(54)53-36-43(27-33-55(53)57)42-16-11-15-41(34-42)40-24-28-47(29-25-40)56(46-17-5-2-6-18-46)49-32-26-45-35-44-14-7-8-19-50(44)52(45)37-49/h1-34,36-37H,35H2. The Labute approximate surface area is 333 Å². The van der Waals surface area contributed by atoms with E-state index < -0.39 is 0 Å². The molecule has 0 unspecified atom stereocenters. The van der Waals surface area contributed by atoms with Crippen LogP contribution in [0.2, 0.25) is 0 Å². The fraction of sp³-hybridized carbons (Fsp3) is 0.0182. The van der Waals surface area contributed by atoms with Crippen molar-refractivity contribution < 1.29 is 0 Å². The highest BCUT2D eigenvalue weighted by atomic mass is 15.1. The highest BCUT2D eigenvalue weighted by Crippen LogP contribution is 2.43. The van der Waals surface area contributed by atoms with Crippen LogP contribution in [0, 0.1) is 0 Å². The lowest BCUT2D eigenvalue weighted by molar-refractivity contribution is 1.18. The molecule has 1 aliphatic rings. The molecule has 57 heavy (non-hydrogen) atoms. The molecule has 0 radical (unpaired) electrons. The third kappa shape index (κ3) is 5.82. The number of aromatic nitrogens is 1. The summed E-state index contributed by atoms with van der Waals surface area (Å²) in [5.41, 5.74) is 19.7. The van der Waals surface area contributed by atoms with E-state index in [9.17, 15) is 0 Å². The molecule has 2 nitrogen and oxygen atoms in total. The molecule has 10 aromatic rings. The number of fused-ring (bicyclic) bond motifs is 6. The number of benzene rings is 9. The first-order valence-electron chi connectivity index (χ1n) is 19.7. The molecule has 1 aromatic heterocycles. The Morgan fingerprint density at radius 3 is 1.68 bits per heavy atom. The monoisotopic (exact) mass is 726 g/mol. The second-order valence-electron chi connectivity index (χ2n) is 15.0. The molecule has 0 amide bonds. The highest BCUT2D eigenvalue weighted by molar-refractivity contribution is 6.10. The van der Waals surface area contributed by atoms with Gasteiger partial charge in [-0.15, -0.1) is 0 Å². The van der Waals surface area contributed by atoms with Crippen LogP contribution in [0.15, 0.2) is 218 Å². The van der Waals surface area contributed by atoms with Crippen LogP contribution in [0.4, 0.5) is 17.1 Å². The summed E-state index contributed by atoms with van der Waals surface area (Å²) in [6, 6.07) is 79.5. The van der Waals surface area contributed by atoms with E-state index in [1.807, 2.05) is 0 Å².